The maximum atomic E-state index is 11.5. The molecule has 0 radical (unpaired) electrons. The first-order valence-corrected chi connectivity index (χ1v) is 5.07. The van der Waals surface area contributed by atoms with Crippen LogP contribution in [0.3, 0.4) is 0 Å². The molecule has 3 heteroatoms. The average Bonchev–Trinajstić information content (AvgIpc) is 2.17. The number of ether oxygens (including phenoxy) is 1. The fourth-order valence-electron chi connectivity index (χ4n) is 1.23. The third-order valence-electron chi connectivity index (χ3n) is 1.92. The molecule has 0 heterocycles. The summed E-state index contributed by atoms with van der Waals surface area (Å²) in [4.78, 5) is 11.5. The van der Waals surface area contributed by atoms with Gasteiger partial charge < -0.3 is 10.5 Å². The molecule has 1 atom stereocenters. The molecular formula is C12H17NO2. The van der Waals surface area contributed by atoms with Crippen molar-refractivity contribution in [1.29, 1.82) is 0 Å². The normalized spacial score (nSPS) is 12.6. The number of hydrogen-bond acceptors (Lipinski definition) is 3. The Labute approximate surface area is 90.2 Å². The SMILES string of the molecule is CC(C)Oc1ccc(C(=O)C(C)N)cc1. The lowest BCUT2D eigenvalue weighted by atomic mass is 10.1. The van der Waals surface area contributed by atoms with E-state index < -0.39 is 6.04 Å². The Balaban J connectivity index is 2.76. The lowest BCUT2D eigenvalue weighted by Gasteiger charge is -2.10. The molecule has 0 spiro atoms. The van der Waals surface area contributed by atoms with Crippen molar-refractivity contribution in [3.63, 3.8) is 0 Å². The number of benzene rings is 1. The molecular weight excluding hydrogens is 190 g/mol. The van der Waals surface area contributed by atoms with Gasteiger partial charge in [-0.25, -0.2) is 0 Å². The molecule has 0 fully saturated rings. The predicted molar refractivity (Wildman–Crippen MR) is 60.2 cm³/mol. The second-order valence-corrected chi connectivity index (χ2v) is 3.84. The molecule has 1 aromatic carbocycles. The molecule has 0 bridgehead atoms. The standard InChI is InChI=1S/C12H17NO2/c1-8(2)15-11-6-4-10(5-7-11)12(14)9(3)13/h4-9H,13H2,1-3H3. The molecule has 2 N–H and O–H groups in total. The highest BCUT2D eigenvalue weighted by atomic mass is 16.5. The molecule has 3 nitrogen and oxygen atoms in total. The quantitative estimate of drug-likeness (QED) is 0.768. The van der Waals surface area contributed by atoms with E-state index in [0.29, 0.717) is 5.56 Å². The molecule has 1 unspecified atom stereocenters. The minimum Gasteiger partial charge on any atom is -0.491 e. The number of hydrogen-bond donors (Lipinski definition) is 1. The second-order valence-electron chi connectivity index (χ2n) is 3.84. The van der Waals surface area contributed by atoms with Gasteiger partial charge >= 0.3 is 0 Å². The highest BCUT2D eigenvalue weighted by Gasteiger charge is 2.10. The van der Waals surface area contributed by atoms with Crippen molar-refractivity contribution in [3.8, 4) is 5.75 Å². The number of carbonyl (C=O) groups excluding carboxylic acids is 1. The van der Waals surface area contributed by atoms with E-state index in [1.807, 2.05) is 13.8 Å². The first-order valence-electron chi connectivity index (χ1n) is 5.07. The van der Waals surface area contributed by atoms with Crippen molar-refractivity contribution in [2.45, 2.75) is 32.9 Å². The third kappa shape index (κ3) is 3.36. The van der Waals surface area contributed by atoms with Gasteiger partial charge in [-0.1, -0.05) is 0 Å². The Bertz CT molecular complexity index is 328. The molecule has 0 saturated carbocycles. The van der Waals surface area contributed by atoms with E-state index in [9.17, 15) is 4.79 Å². The molecule has 1 aromatic rings. The number of rotatable bonds is 4. The summed E-state index contributed by atoms with van der Waals surface area (Å²) < 4.78 is 5.47. The van der Waals surface area contributed by atoms with Crippen LogP contribution in [0.5, 0.6) is 5.75 Å². The van der Waals surface area contributed by atoms with Gasteiger partial charge in [0, 0.05) is 5.56 Å². The van der Waals surface area contributed by atoms with Gasteiger partial charge in [-0.05, 0) is 45.0 Å². The lowest BCUT2D eigenvalue weighted by Crippen LogP contribution is -2.26. The molecule has 0 saturated heterocycles. The van der Waals surface area contributed by atoms with Gasteiger partial charge in [0.15, 0.2) is 5.78 Å². The minimum absolute atomic E-state index is 0.0499. The van der Waals surface area contributed by atoms with E-state index in [2.05, 4.69) is 0 Å². The summed E-state index contributed by atoms with van der Waals surface area (Å²) in [6.07, 6.45) is 0.139. The molecule has 15 heavy (non-hydrogen) atoms. The highest BCUT2D eigenvalue weighted by Crippen LogP contribution is 2.14. The molecule has 0 aliphatic carbocycles. The molecule has 0 aliphatic heterocycles. The molecule has 0 amide bonds. The average molecular weight is 207 g/mol. The van der Waals surface area contributed by atoms with Crippen LogP contribution in [0.2, 0.25) is 0 Å². The summed E-state index contributed by atoms with van der Waals surface area (Å²) in [6.45, 7) is 5.60. The van der Waals surface area contributed by atoms with E-state index in [1.165, 1.54) is 0 Å². The van der Waals surface area contributed by atoms with Gasteiger partial charge in [0.25, 0.3) is 0 Å². The monoisotopic (exact) mass is 207 g/mol. The van der Waals surface area contributed by atoms with Crippen molar-refractivity contribution in [2.75, 3.05) is 0 Å². The van der Waals surface area contributed by atoms with Crippen LogP contribution in [0.1, 0.15) is 31.1 Å². The maximum Gasteiger partial charge on any atom is 0.179 e. The van der Waals surface area contributed by atoms with Crippen molar-refractivity contribution in [3.05, 3.63) is 29.8 Å². The van der Waals surface area contributed by atoms with E-state index in [1.54, 1.807) is 31.2 Å². The Hall–Kier alpha value is -1.35. The van der Waals surface area contributed by atoms with E-state index in [-0.39, 0.29) is 11.9 Å². The fraction of sp³-hybridized carbons (Fsp3) is 0.417. The highest BCUT2D eigenvalue weighted by molar-refractivity contribution is 5.99. The van der Waals surface area contributed by atoms with Crippen molar-refractivity contribution in [2.24, 2.45) is 5.73 Å². The number of Topliss-reactive ketones (excluding diaryl/α,β-unsaturated/α-hetero) is 1. The van der Waals surface area contributed by atoms with Gasteiger partial charge in [0.1, 0.15) is 5.75 Å². The van der Waals surface area contributed by atoms with Crippen LogP contribution in [-0.4, -0.2) is 17.9 Å². The van der Waals surface area contributed by atoms with Gasteiger partial charge in [0.05, 0.1) is 12.1 Å². The zero-order chi connectivity index (χ0) is 11.4. The first-order chi connectivity index (χ1) is 7.00. The van der Waals surface area contributed by atoms with E-state index in [4.69, 9.17) is 10.5 Å². The second kappa shape index (κ2) is 4.94. The Kier molecular flexibility index (Phi) is 3.86. The Morgan fingerprint density at radius 2 is 1.73 bits per heavy atom. The maximum absolute atomic E-state index is 11.5. The summed E-state index contributed by atoms with van der Waals surface area (Å²) >= 11 is 0. The number of nitrogens with two attached hydrogens (primary N) is 1. The fourth-order valence-corrected chi connectivity index (χ4v) is 1.23. The van der Waals surface area contributed by atoms with Crippen LogP contribution < -0.4 is 10.5 Å². The number of ketones is 1. The van der Waals surface area contributed by atoms with E-state index in [0.717, 1.165) is 5.75 Å². The predicted octanol–water partition coefficient (Wildman–Crippen LogP) is 2.00. The Morgan fingerprint density at radius 3 is 2.13 bits per heavy atom. The molecule has 1 rings (SSSR count). The van der Waals surface area contributed by atoms with Crippen LogP contribution >= 0.6 is 0 Å². The summed E-state index contributed by atoms with van der Waals surface area (Å²) in [5.41, 5.74) is 6.13. The first kappa shape index (κ1) is 11.7. The van der Waals surface area contributed by atoms with Crippen LogP contribution in [0, 0.1) is 0 Å². The van der Waals surface area contributed by atoms with E-state index >= 15 is 0 Å². The molecule has 0 aliphatic rings. The van der Waals surface area contributed by atoms with Crippen molar-refractivity contribution < 1.29 is 9.53 Å². The largest absolute Gasteiger partial charge is 0.491 e. The van der Waals surface area contributed by atoms with Crippen LogP contribution in [0.4, 0.5) is 0 Å². The summed E-state index contributed by atoms with van der Waals surface area (Å²) in [7, 11) is 0. The van der Waals surface area contributed by atoms with Crippen LogP contribution in [0.15, 0.2) is 24.3 Å². The summed E-state index contributed by atoms with van der Waals surface area (Å²) in [5.74, 6) is 0.720. The lowest BCUT2D eigenvalue weighted by molar-refractivity contribution is 0.0968. The molecule has 0 aromatic heterocycles. The van der Waals surface area contributed by atoms with Crippen molar-refractivity contribution in [1.82, 2.24) is 0 Å². The summed E-state index contributed by atoms with van der Waals surface area (Å²) in [6, 6.07) is 6.60. The van der Waals surface area contributed by atoms with Crippen LogP contribution in [0.25, 0.3) is 0 Å². The zero-order valence-corrected chi connectivity index (χ0v) is 9.36. The number of carbonyl (C=O) groups is 1. The van der Waals surface area contributed by atoms with Gasteiger partial charge in [-0.2, -0.15) is 0 Å². The topological polar surface area (TPSA) is 52.3 Å². The molecule has 82 valence electrons. The smallest absolute Gasteiger partial charge is 0.179 e. The summed E-state index contributed by atoms with van der Waals surface area (Å²) in [5, 5.41) is 0. The third-order valence-corrected chi connectivity index (χ3v) is 1.92. The van der Waals surface area contributed by atoms with Gasteiger partial charge in [-0.15, -0.1) is 0 Å². The van der Waals surface area contributed by atoms with Crippen molar-refractivity contribution >= 4 is 5.78 Å². The van der Waals surface area contributed by atoms with Crippen LogP contribution in [-0.2, 0) is 0 Å². The minimum atomic E-state index is -0.457. The van der Waals surface area contributed by atoms with Gasteiger partial charge in [-0.3, -0.25) is 4.79 Å². The Morgan fingerprint density at radius 1 is 1.20 bits per heavy atom. The zero-order valence-electron chi connectivity index (χ0n) is 9.36. The van der Waals surface area contributed by atoms with Gasteiger partial charge in [0.2, 0.25) is 0 Å².